The zero-order valence-electron chi connectivity index (χ0n) is 10.9. The van der Waals surface area contributed by atoms with Gasteiger partial charge in [0.25, 0.3) is 0 Å². The summed E-state index contributed by atoms with van der Waals surface area (Å²) in [5.41, 5.74) is 0.0163. The molecule has 0 aliphatic carbocycles. The summed E-state index contributed by atoms with van der Waals surface area (Å²) < 4.78 is 0. The van der Waals surface area contributed by atoms with Gasteiger partial charge in [-0.2, -0.15) is 0 Å². The lowest BCUT2D eigenvalue weighted by atomic mass is 9.91. The molecule has 2 heterocycles. The van der Waals surface area contributed by atoms with Crippen LogP contribution in [0.1, 0.15) is 31.6 Å². The molecule has 1 aromatic rings. The fourth-order valence-corrected chi connectivity index (χ4v) is 2.94. The van der Waals surface area contributed by atoms with Gasteiger partial charge in [-0.15, -0.1) is 23.7 Å². The number of rotatable bonds is 4. The smallest absolute Gasteiger partial charge is 0.237 e. The van der Waals surface area contributed by atoms with E-state index in [1.165, 1.54) is 4.88 Å². The Morgan fingerprint density at radius 2 is 2.39 bits per heavy atom. The summed E-state index contributed by atoms with van der Waals surface area (Å²) in [6.45, 7) is 6.00. The van der Waals surface area contributed by atoms with Crippen molar-refractivity contribution in [2.45, 2.75) is 38.1 Å². The van der Waals surface area contributed by atoms with Crippen LogP contribution in [0.2, 0.25) is 0 Å². The molecular formula is C13H21ClN2OS. The van der Waals surface area contributed by atoms with E-state index >= 15 is 0 Å². The number of amides is 1. The lowest BCUT2D eigenvalue weighted by Crippen LogP contribution is -2.44. The average molecular weight is 289 g/mol. The van der Waals surface area contributed by atoms with Crippen molar-refractivity contribution in [2.24, 2.45) is 0 Å². The van der Waals surface area contributed by atoms with Gasteiger partial charge in [-0.1, -0.05) is 19.9 Å². The lowest BCUT2D eigenvalue weighted by molar-refractivity contribution is -0.123. The zero-order valence-corrected chi connectivity index (χ0v) is 12.5. The fraction of sp³-hybridized carbons (Fsp3) is 0.615. The number of carbonyl (C=O) groups is 1. The summed E-state index contributed by atoms with van der Waals surface area (Å²) in [5.74, 6) is 0.145. The molecule has 1 aromatic heterocycles. The molecule has 0 aromatic carbocycles. The highest BCUT2D eigenvalue weighted by Gasteiger charge is 2.26. The Morgan fingerprint density at radius 1 is 1.61 bits per heavy atom. The van der Waals surface area contributed by atoms with E-state index < -0.39 is 0 Å². The predicted molar refractivity (Wildman–Crippen MR) is 78.6 cm³/mol. The van der Waals surface area contributed by atoms with E-state index in [4.69, 9.17) is 0 Å². The molecule has 1 aliphatic heterocycles. The molecule has 1 amide bonds. The first kappa shape index (κ1) is 15.5. The van der Waals surface area contributed by atoms with E-state index in [-0.39, 0.29) is 29.8 Å². The van der Waals surface area contributed by atoms with Crippen LogP contribution in [0.25, 0.3) is 0 Å². The van der Waals surface area contributed by atoms with Crippen molar-refractivity contribution in [3.63, 3.8) is 0 Å². The van der Waals surface area contributed by atoms with Gasteiger partial charge < -0.3 is 10.6 Å². The molecule has 18 heavy (non-hydrogen) atoms. The molecule has 2 N–H and O–H groups in total. The van der Waals surface area contributed by atoms with E-state index in [9.17, 15) is 4.79 Å². The number of hydrogen-bond acceptors (Lipinski definition) is 3. The minimum Gasteiger partial charge on any atom is -0.354 e. The maximum atomic E-state index is 11.9. The van der Waals surface area contributed by atoms with Crippen LogP contribution in [0.3, 0.4) is 0 Å². The van der Waals surface area contributed by atoms with Gasteiger partial charge in [0.2, 0.25) is 5.91 Å². The van der Waals surface area contributed by atoms with Gasteiger partial charge in [0.05, 0.1) is 6.04 Å². The largest absolute Gasteiger partial charge is 0.354 e. The quantitative estimate of drug-likeness (QED) is 0.893. The Kier molecular flexibility index (Phi) is 5.63. The highest BCUT2D eigenvalue weighted by Crippen LogP contribution is 2.26. The summed E-state index contributed by atoms with van der Waals surface area (Å²) >= 11 is 1.75. The average Bonchev–Trinajstić information content (AvgIpc) is 2.97. The number of hydrogen-bond donors (Lipinski definition) is 2. The third kappa shape index (κ3) is 3.70. The van der Waals surface area contributed by atoms with Crippen LogP contribution in [0.5, 0.6) is 0 Å². The maximum Gasteiger partial charge on any atom is 0.237 e. The minimum absolute atomic E-state index is 0. The van der Waals surface area contributed by atoms with Crippen molar-refractivity contribution in [2.75, 3.05) is 13.1 Å². The number of nitrogens with one attached hydrogen (secondary N) is 2. The second-order valence-corrected chi connectivity index (χ2v) is 6.18. The van der Waals surface area contributed by atoms with Gasteiger partial charge >= 0.3 is 0 Å². The molecule has 2 rings (SSSR count). The van der Waals surface area contributed by atoms with E-state index in [1.807, 2.05) is 0 Å². The molecule has 1 atom stereocenters. The summed E-state index contributed by atoms with van der Waals surface area (Å²) in [5, 5.41) is 8.36. The highest BCUT2D eigenvalue weighted by atomic mass is 35.5. The molecule has 3 nitrogen and oxygen atoms in total. The van der Waals surface area contributed by atoms with E-state index in [2.05, 4.69) is 42.0 Å². The Hall–Kier alpha value is -0.580. The molecule has 0 bridgehead atoms. The van der Waals surface area contributed by atoms with Crippen LogP contribution in [0, 0.1) is 0 Å². The van der Waals surface area contributed by atoms with E-state index in [1.54, 1.807) is 11.3 Å². The van der Waals surface area contributed by atoms with Crippen molar-refractivity contribution >= 4 is 29.7 Å². The second kappa shape index (κ2) is 6.55. The lowest BCUT2D eigenvalue weighted by Gasteiger charge is -2.24. The van der Waals surface area contributed by atoms with Crippen LogP contribution in [-0.4, -0.2) is 25.0 Å². The van der Waals surface area contributed by atoms with Gasteiger partial charge in [-0.05, 0) is 30.8 Å². The molecule has 0 unspecified atom stereocenters. The van der Waals surface area contributed by atoms with E-state index in [0.717, 1.165) is 19.4 Å². The molecule has 5 heteroatoms. The normalized spacial score (nSPS) is 19.3. The van der Waals surface area contributed by atoms with Crippen molar-refractivity contribution in [3.8, 4) is 0 Å². The third-order valence-electron chi connectivity index (χ3n) is 3.27. The first-order valence-electron chi connectivity index (χ1n) is 6.15. The van der Waals surface area contributed by atoms with Gasteiger partial charge in [-0.25, -0.2) is 0 Å². The molecule has 0 spiro atoms. The molecule has 1 saturated heterocycles. The molecule has 102 valence electrons. The minimum atomic E-state index is 0. The molecule has 1 fully saturated rings. The van der Waals surface area contributed by atoms with Gasteiger partial charge in [0.1, 0.15) is 0 Å². The van der Waals surface area contributed by atoms with Crippen molar-refractivity contribution in [3.05, 3.63) is 22.4 Å². The van der Waals surface area contributed by atoms with Crippen molar-refractivity contribution < 1.29 is 4.79 Å². The Bertz CT molecular complexity index is 372. The molecule has 1 aliphatic rings. The van der Waals surface area contributed by atoms with Gasteiger partial charge in [-0.3, -0.25) is 4.79 Å². The van der Waals surface area contributed by atoms with Crippen LogP contribution in [-0.2, 0) is 10.2 Å². The zero-order chi connectivity index (χ0) is 12.3. The fourth-order valence-electron chi connectivity index (χ4n) is 2.09. The van der Waals surface area contributed by atoms with Gasteiger partial charge in [0.15, 0.2) is 0 Å². The van der Waals surface area contributed by atoms with Crippen molar-refractivity contribution in [1.82, 2.24) is 10.6 Å². The topological polar surface area (TPSA) is 41.1 Å². The predicted octanol–water partition coefficient (Wildman–Crippen LogP) is 2.32. The molecular weight excluding hydrogens is 268 g/mol. The number of carbonyl (C=O) groups excluding carboxylic acids is 1. The standard InChI is InChI=1S/C13H20N2OS.ClH/c1-13(2,11-6-4-8-17-11)9-15-12(16)10-5-3-7-14-10;/h4,6,8,10,14H,3,5,7,9H2,1-2H3,(H,15,16);1H/t10-;/m0./s1. The summed E-state index contributed by atoms with van der Waals surface area (Å²) in [6, 6.07) is 4.21. The second-order valence-electron chi connectivity index (χ2n) is 5.23. The Morgan fingerprint density at radius 3 is 2.94 bits per heavy atom. The molecule has 0 saturated carbocycles. The third-order valence-corrected chi connectivity index (χ3v) is 4.51. The maximum absolute atomic E-state index is 11.9. The van der Waals surface area contributed by atoms with Crippen LogP contribution in [0.15, 0.2) is 17.5 Å². The van der Waals surface area contributed by atoms with Crippen molar-refractivity contribution in [1.29, 1.82) is 0 Å². The van der Waals surface area contributed by atoms with E-state index in [0.29, 0.717) is 6.54 Å². The SMILES string of the molecule is CC(C)(CNC(=O)[C@@H]1CCCN1)c1cccs1.Cl. The summed E-state index contributed by atoms with van der Waals surface area (Å²) in [4.78, 5) is 13.2. The number of halogens is 1. The first-order valence-corrected chi connectivity index (χ1v) is 7.03. The monoisotopic (exact) mass is 288 g/mol. The van der Waals surface area contributed by atoms with Gasteiger partial charge in [0, 0.05) is 16.8 Å². The Labute approximate surface area is 119 Å². The van der Waals surface area contributed by atoms with Crippen LogP contribution in [0.4, 0.5) is 0 Å². The van der Waals surface area contributed by atoms with Crippen LogP contribution < -0.4 is 10.6 Å². The molecule has 0 radical (unpaired) electrons. The first-order chi connectivity index (χ1) is 8.09. The summed E-state index contributed by atoms with van der Waals surface area (Å²) in [7, 11) is 0. The summed E-state index contributed by atoms with van der Waals surface area (Å²) in [6.07, 6.45) is 2.07. The highest BCUT2D eigenvalue weighted by molar-refractivity contribution is 7.10. The Balaban J connectivity index is 0.00000162. The number of thiophene rings is 1. The van der Waals surface area contributed by atoms with Crippen LogP contribution >= 0.6 is 23.7 Å².